The van der Waals surface area contributed by atoms with E-state index in [4.69, 9.17) is 43.5 Å². The number of carboxylic acid groups (broad SMARTS) is 1. The molecule has 13 heteroatoms. The number of halogens is 2. The van der Waals surface area contributed by atoms with Gasteiger partial charge in [0.05, 0.1) is 5.92 Å². The highest BCUT2D eigenvalue weighted by molar-refractivity contribution is 6.30. The normalized spacial score (nSPS) is 27.6. The predicted octanol–water partition coefficient (Wildman–Crippen LogP) is 8.44. The zero-order valence-corrected chi connectivity index (χ0v) is 32.3. The Balaban J connectivity index is 0.000000194. The van der Waals surface area contributed by atoms with Crippen LogP contribution in [0.25, 0.3) is 0 Å². The van der Waals surface area contributed by atoms with E-state index in [2.05, 4.69) is 16.0 Å². The third-order valence-corrected chi connectivity index (χ3v) is 10.8. The number of benzene rings is 2. The van der Waals surface area contributed by atoms with Crippen LogP contribution in [0.1, 0.15) is 93.9 Å². The van der Waals surface area contributed by atoms with Crippen molar-refractivity contribution in [1.82, 2.24) is 10.6 Å². The van der Waals surface area contributed by atoms with Gasteiger partial charge in [0.15, 0.2) is 0 Å². The third-order valence-electron chi connectivity index (χ3n) is 10.3. The molecule has 0 heterocycles. The molecule has 6 aliphatic carbocycles. The summed E-state index contributed by atoms with van der Waals surface area (Å²) in [5, 5.41) is 19.2. The van der Waals surface area contributed by atoms with E-state index in [1.54, 1.807) is 55.5 Å². The molecule has 280 valence electrons. The van der Waals surface area contributed by atoms with Crippen LogP contribution in [0.2, 0.25) is 10.0 Å². The van der Waals surface area contributed by atoms with Crippen LogP contribution >= 0.6 is 23.2 Å². The summed E-state index contributed by atoms with van der Waals surface area (Å²) in [6, 6.07) is 14.1. The molecule has 6 N–H and O–H groups in total. The molecule has 8 rings (SSSR count). The van der Waals surface area contributed by atoms with Crippen LogP contribution < -0.4 is 21.7 Å². The van der Waals surface area contributed by atoms with E-state index in [0.717, 1.165) is 54.9 Å². The largest absolute Gasteiger partial charge is 0.481 e. The number of nitrogens with two attached hydrogens (primary N) is 1. The van der Waals surface area contributed by atoms with E-state index >= 15 is 0 Å². The summed E-state index contributed by atoms with van der Waals surface area (Å²) in [7, 11) is 0. The summed E-state index contributed by atoms with van der Waals surface area (Å²) in [6.45, 7) is 14.7. The Labute approximate surface area is 310 Å². The van der Waals surface area contributed by atoms with Crippen molar-refractivity contribution < 1.29 is 33.8 Å². The van der Waals surface area contributed by atoms with Gasteiger partial charge in [0.2, 0.25) is 5.91 Å². The number of nitrogen functional groups attached to an aromatic ring is 1. The zero-order chi connectivity index (χ0) is 38.2. The second kappa shape index (κ2) is 14.4. The van der Waals surface area contributed by atoms with E-state index in [9.17, 15) is 19.2 Å². The number of hydrogen-bond acceptors (Lipinski definition) is 7. The van der Waals surface area contributed by atoms with E-state index in [1.165, 1.54) is 0 Å². The number of ether oxygens (including phenoxy) is 2. The van der Waals surface area contributed by atoms with E-state index in [-0.39, 0.29) is 45.7 Å². The smallest absolute Gasteiger partial charge is 0.408 e. The Morgan fingerprint density at radius 2 is 1.04 bits per heavy atom. The van der Waals surface area contributed by atoms with E-state index in [0.29, 0.717) is 5.02 Å². The molecule has 6 aliphatic rings. The molecular weight excluding hydrogens is 695 g/mol. The SMILES string of the molecule is CC(C(=O)Nc1ccc(Cl)cc1)C12CC(NC(=O)OC(C)(C)C)(C1)C2.CC(C(=O)O)C12CC(NC(=O)OC(C)(C)C)(C1)C2.Nc1ccc(Cl)cc1. The van der Waals surface area contributed by atoms with Crippen LogP contribution in [-0.4, -0.2) is 51.4 Å². The molecule has 3 amide bonds. The summed E-state index contributed by atoms with van der Waals surface area (Å²) in [4.78, 5) is 47.1. The summed E-state index contributed by atoms with van der Waals surface area (Å²) in [5.41, 5.74) is 5.36. The Kier molecular flexibility index (Phi) is 11.3. The molecule has 2 aromatic rings. The number of aliphatic carboxylic acids is 1. The minimum atomic E-state index is -0.749. The van der Waals surface area contributed by atoms with Crippen molar-refractivity contribution in [2.45, 2.75) is 116 Å². The van der Waals surface area contributed by atoms with Crippen LogP contribution in [0.4, 0.5) is 21.0 Å². The van der Waals surface area contributed by atoms with Gasteiger partial charge in [-0.25, -0.2) is 9.59 Å². The first-order valence-corrected chi connectivity index (χ1v) is 18.0. The van der Waals surface area contributed by atoms with Gasteiger partial charge in [-0.1, -0.05) is 37.0 Å². The van der Waals surface area contributed by atoms with Gasteiger partial charge in [0.25, 0.3) is 0 Å². The quantitative estimate of drug-likeness (QED) is 0.176. The number of anilines is 2. The third kappa shape index (κ3) is 9.80. The van der Waals surface area contributed by atoms with E-state index in [1.807, 2.05) is 48.5 Å². The summed E-state index contributed by atoms with van der Waals surface area (Å²) in [5.74, 6) is -1.18. The highest BCUT2D eigenvalue weighted by Crippen LogP contribution is 2.71. The lowest BCUT2D eigenvalue weighted by molar-refractivity contribution is -0.197. The van der Waals surface area contributed by atoms with E-state index < -0.39 is 23.3 Å². The van der Waals surface area contributed by atoms with Gasteiger partial charge >= 0.3 is 18.2 Å². The average Bonchev–Trinajstić information content (AvgIpc) is 2.92. The van der Waals surface area contributed by atoms with Gasteiger partial charge in [0, 0.05) is 38.4 Å². The molecule has 2 aromatic carbocycles. The maximum atomic E-state index is 12.5. The molecule has 2 unspecified atom stereocenters. The van der Waals surface area contributed by atoms with Crippen molar-refractivity contribution in [3.63, 3.8) is 0 Å². The van der Waals surface area contributed by atoms with Gasteiger partial charge in [-0.15, -0.1) is 0 Å². The maximum absolute atomic E-state index is 12.5. The summed E-state index contributed by atoms with van der Waals surface area (Å²) >= 11 is 11.4. The molecule has 2 atom stereocenters. The number of nitrogens with one attached hydrogen (secondary N) is 3. The van der Waals surface area contributed by atoms with Crippen LogP contribution in [0.3, 0.4) is 0 Å². The molecule has 0 saturated heterocycles. The zero-order valence-electron chi connectivity index (χ0n) is 30.7. The lowest BCUT2D eigenvalue weighted by Gasteiger charge is -2.72. The van der Waals surface area contributed by atoms with Crippen LogP contribution in [-0.2, 0) is 19.1 Å². The summed E-state index contributed by atoms with van der Waals surface area (Å²) < 4.78 is 10.5. The monoisotopic (exact) mass is 746 g/mol. The minimum Gasteiger partial charge on any atom is -0.481 e. The highest BCUT2D eigenvalue weighted by Gasteiger charge is 2.72. The lowest BCUT2D eigenvalue weighted by Crippen LogP contribution is -2.77. The van der Waals surface area contributed by atoms with Crippen molar-refractivity contribution in [3.8, 4) is 0 Å². The molecule has 0 aliphatic heterocycles. The number of carbonyl (C=O) groups is 4. The number of alkyl carbamates (subject to hydrolysis) is 2. The predicted molar refractivity (Wildman–Crippen MR) is 199 cm³/mol. The molecule has 4 bridgehead atoms. The molecule has 51 heavy (non-hydrogen) atoms. The number of carbonyl (C=O) groups excluding carboxylic acids is 3. The first-order valence-electron chi connectivity index (χ1n) is 17.2. The highest BCUT2D eigenvalue weighted by atomic mass is 35.5. The van der Waals surface area contributed by atoms with Gasteiger partial charge in [-0.05, 0) is 139 Å². The van der Waals surface area contributed by atoms with Crippen LogP contribution in [0, 0.1) is 22.7 Å². The Morgan fingerprint density at radius 1 is 0.686 bits per heavy atom. The van der Waals surface area contributed by atoms with Gasteiger partial charge in [0.1, 0.15) is 11.2 Å². The molecule has 6 fully saturated rings. The Bertz CT molecular complexity index is 1560. The van der Waals surface area contributed by atoms with Crippen molar-refractivity contribution in [3.05, 3.63) is 58.6 Å². The number of rotatable bonds is 7. The number of carboxylic acids is 1. The van der Waals surface area contributed by atoms with Crippen LogP contribution in [0.15, 0.2) is 48.5 Å². The topological polar surface area (TPSA) is 169 Å². The van der Waals surface area contributed by atoms with Crippen molar-refractivity contribution in [1.29, 1.82) is 0 Å². The molecule has 6 saturated carbocycles. The number of amides is 3. The average molecular weight is 748 g/mol. The minimum absolute atomic E-state index is 0.00731. The fourth-order valence-corrected chi connectivity index (χ4v) is 8.00. The Morgan fingerprint density at radius 3 is 1.37 bits per heavy atom. The van der Waals surface area contributed by atoms with Gasteiger partial charge in [-0.3, -0.25) is 9.59 Å². The molecule has 11 nitrogen and oxygen atoms in total. The fourth-order valence-electron chi connectivity index (χ4n) is 7.74. The van der Waals surface area contributed by atoms with Crippen molar-refractivity contribution in [2.24, 2.45) is 22.7 Å². The standard InChI is InChI=1S/C19H25ClN2O3.C13H21NO4.C6H6ClN/c1-12(15(23)21-14-7-5-13(20)6-8-14)18-9-19(10-18,11-18)22-16(24)25-17(2,3)4;1-8(9(15)16)12-5-13(6-12,7-12)14-10(17)18-11(2,3)4;7-5-1-3-6(8)4-2-5/h5-8,12H,9-11H2,1-4H3,(H,21,23)(H,22,24);8H,5-7H2,1-4H3,(H,14,17)(H,15,16);1-4H,8H2. The molecule has 0 aromatic heterocycles. The second-order valence-electron chi connectivity index (χ2n) is 16.9. The van der Waals surface area contributed by atoms with Crippen molar-refractivity contribution >= 4 is 58.6 Å². The van der Waals surface area contributed by atoms with Crippen LogP contribution in [0.5, 0.6) is 0 Å². The second-order valence-corrected chi connectivity index (χ2v) is 17.8. The number of hydrogen-bond donors (Lipinski definition) is 5. The first kappa shape index (κ1) is 40.1. The maximum Gasteiger partial charge on any atom is 0.408 e. The fraction of sp³-hybridized carbons (Fsp3) is 0.579. The molecular formula is C38H52Cl2N4O7. The first-order chi connectivity index (χ1) is 23.4. The molecule has 0 spiro atoms. The molecule has 0 radical (unpaired) electrons. The summed E-state index contributed by atoms with van der Waals surface area (Å²) in [6.07, 6.45) is 3.97. The van der Waals surface area contributed by atoms with Gasteiger partial charge < -0.3 is 36.3 Å². The van der Waals surface area contributed by atoms with Crippen molar-refractivity contribution in [2.75, 3.05) is 11.1 Å². The lowest BCUT2D eigenvalue weighted by atomic mass is 9.36. The van der Waals surface area contributed by atoms with Gasteiger partial charge in [-0.2, -0.15) is 0 Å². The Hall–Kier alpha value is -3.70.